The molecule has 0 aliphatic carbocycles. The summed E-state index contributed by atoms with van der Waals surface area (Å²) < 4.78 is 26.0. The molecule has 0 N–H and O–H groups in total. The molecule has 0 saturated carbocycles. The van der Waals surface area contributed by atoms with Crippen molar-refractivity contribution >= 4 is 23.4 Å². The number of aromatic nitrogens is 2. The zero-order valence-electron chi connectivity index (χ0n) is 20.9. The highest BCUT2D eigenvalue weighted by molar-refractivity contribution is 5.75. The Hall–Kier alpha value is -3.54. The molecule has 12 heteroatoms. The van der Waals surface area contributed by atoms with Gasteiger partial charge in [0.25, 0.3) is 5.69 Å². The molecular weight excluding hydrogens is 471 g/mol. The molecule has 0 bridgehead atoms. The van der Waals surface area contributed by atoms with E-state index in [0.29, 0.717) is 57.3 Å². The van der Waals surface area contributed by atoms with Crippen molar-refractivity contribution in [2.45, 2.75) is 38.8 Å². The molecule has 2 aliphatic heterocycles. The van der Waals surface area contributed by atoms with Crippen LogP contribution in [-0.4, -0.2) is 84.0 Å². The molecule has 2 aliphatic rings. The molecule has 2 aromatic rings. The lowest BCUT2D eigenvalue weighted by atomic mass is 10.1. The van der Waals surface area contributed by atoms with Gasteiger partial charge < -0.3 is 24.2 Å². The van der Waals surface area contributed by atoms with E-state index in [2.05, 4.69) is 9.97 Å². The van der Waals surface area contributed by atoms with Crippen LogP contribution in [0, 0.1) is 15.9 Å². The number of ether oxygens (including phenoxy) is 2. The van der Waals surface area contributed by atoms with Crippen molar-refractivity contribution in [3.8, 4) is 11.1 Å². The predicted octanol–water partition coefficient (Wildman–Crippen LogP) is 3.47. The van der Waals surface area contributed by atoms with Gasteiger partial charge in [-0.25, -0.2) is 19.2 Å². The fraction of sp³-hybridized carbons (Fsp3) is 0.542. The second-order valence-electron chi connectivity index (χ2n) is 9.93. The molecule has 1 unspecified atom stereocenters. The van der Waals surface area contributed by atoms with Gasteiger partial charge in [0.15, 0.2) is 0 Å². The highest BCUT2D eigenvalue weighted by atomic mass is 19.1. The second kappa shape index (κ2) is 10.2. The van der Waals surface area contributed by atoms with Crippen LogP contribution in [0.2, 0.25) is 0 Å². The Bertz CT molecular complexity index is 1120. The van der Waals surface area contributed by atoms with Crippen molar-refractivity contribution in [1.29, 1.82) is 0 Å². The highest BCUT2D eigenvalue weighted by Crippen LogP contribution is 2.37. The third-order valence-electron chi connectivity index (χ3n) is 6.24. The lowest BCUT2D eigenvalue weighted by molar-refractivity contribution is -0.384. The summed E-state index contributed by atoms with van der Waals surface area (Å²) >= 11 is 0. The van der Waals surface area contributed by atoms with Gasteiger partial charge in [-0.15, -0.1) is 0 Å². The quantitative estimate of drug-likeness (QED) is 0.448. The van der Waals surface area contributed by atoms with Gasteiger partial charge >= 0.3 is 6.09 Å². The number of nitrogens with zero attached hydrogens (tertiary/aromatic N) is 6. The highest BCUT2D eigenvalue weighted by Gasteiger charge is 2.34. The average molecular weight is 503 g/mol. The van der Waals surface area contributed by atoms with Crippen molar-refractivity contribution < 1.29 is 23.6 Å². The number of halogens is 1. The molecule has 1 aromatic heterocycles. The molecule has 1 amide bonds. The summed E-state index contributed by atoms with van der Waals surface area (Å²) in [5.41, 5.74) is -0.272. The van der Waals surface area contributed by atoms with Gasteiger partial charge in [-0.2, -0.15) is 0 Å². The number of amides is 1. The van der Waals surface area contributed by atoms with Crippen LogP contribution in [0.4, 0.5) is 26.5 Å². The van der Waals surface area contributed by atoms with E-state index in [-0.39, 0.29) is 23.0 Å². The number of morpholine rings is 1. The van der Waals surface area contributed by atoms with Crippen molar-refractivity contribution in [2.75, 3.05) is 56.2 Å². The Balaban J connectivity index is 1.54. The number of carbonyl (C=O) groups excluding carboxylic acids is 1. The van der Waals surface area contributed by atoms with Crippen LogP contribution >= 0.6 is 0 Å². The molecule has 11 nitrogen and oxygen atoms in total. The van der Waals surface area contributed by atoms with E-state index in [0.717, 1.165) is 0 Å². The summed E-state index contributed by atoms with van der Waals surface area (Å²) in [7, 11) is 1.64. The Morgan fingerprint density at radius 2 is 1.86 bits per heavy atom. The molecule has 2 fully saturated rings. The van der Waals surface area contributed by atoms with Crippen LogP contribution in [0.25, 0.3) is 11.1 Å². The predicted molar refractivity (Wildman–Crippen MR) is 132 cm³/mol. The van der Waals surface area contributed by atoms with E-state index in [1.165, 1.54) is 29.4 Å². The summed E-state index contributed by atoms with van der Waals surface area (Å²) in [4.78, 5) is 37.7. The first kappa shape index (κ1) is 25.5. The number of nitro groups is 1. The van der Waals surface area contributed by atoms with Gasteiger partial charge in [0.2, 0.25) is 5.95 Å². The molecule has 3 heterocycles. The van der Waals surface area contributed by atoms with Gasteiger partial charge in [0.05, 0.1) is 24.2 Å². The van der Waals surface area contributed by atoms with Crippen LogP contribution in [0.15, 0.2) is 24.5 Å². The minimum Gasteiger partial charge on any atom is -0.444 e. The Kier molecular flexibility index (Phi) is 7.25. The van der Waals surface area contributed by atoms with Gasteiger partial charge in [-0.05, 0) is 27.2 Å². The maximum absolute atomic E-state index is 15.2. The van der Waals surface area contributed by atoms with Gasteiger partial charge in [-0.3, -0.25) is 10.1 Å². The zero-order chi connectivity index (χ0) is 26.0. The van der Waals surface area contributed by atoms with E-state index in [1.54, 1.807) is 32.7 Å². The molecular formula is C24H31FN6O5. The Morgan fingerprint density at radius 3 is 2.47 bits per heavy atom. The number of hydrogen-bond donors (Lipinski definition) is 0. The molecule has 2 saturated heterocycles. The van der Waals surface area contributed by atoms with Crippen molar-refractivity contribution in [3.63, 3.8) is 0 Å². The maximum Gasteiger partial charge on any atom is 0.410 e. The third kappa shape index (κ3) is 5.64. The summed E-state index contributed by atoms with van der Waals surface area (Å²) in [6.07, 6.45) is 3.06. The molecule has 36 heavy (non-hydrogen) atoms. The first-order valence-electron chi connectivity index (χ1n) is 11.9. The van der Waals surface area contributed by atoms with Crippen LogP contribution in [-0.2, 0) is 9.47 Å². The third-order valence-corrected chi connectivity index (χ3v) is 6.24. The van der Waals surface area contributed by atoms with E-state index in [9.17, 15) is 14.9 Å². The molecule has 4 rings (SSSR count). The van der Waals surface area contributed by atoms with Gasteiger partial charge in [0.1, 0.15) is 17.1 Å². The zero-order valence-corrected chi connectivity index (χ0v) is 20.9. The SMILES string of the molecule is CN(C(=O)OC(C)(C)C)C1CCN(c2cc(F)c(-c3cnc(N4CCOCC4)nc3)cc2[N+](=O)[O-])C1. The first-order valence-corrected chi connectivity index (χ1v) is 11.9. The number of hydrogen-bond acceptors (Lipinski definition) is 9. The standard InChI is InChI=1S/C24H31FN6O5/c1-24(2,3)36-23(32)28(4)17-5-6-30(15-17)20-12-19(25)18(11-21(20)31(33)34)16-13-26-22(27-14-16)29-7-9-35-10-8-29/h11-14,17H,5-10,15H2,1-4H3. The smallest absolute Gasteiger partial charge is 0.410 e. The van der Waals surface area contributed by atoms with Crippen LogP contribution in [0.1, 0.15) is 27.2 Å². The fourth-order valence-corrected chi connectivity index (χ4v) is 4.32. The topological polar surface area (TPSA) is 114 Å². The van der Waals surface area contributed by atoms with E-state index < -0.39 is 22.4 Å². The van der Waals surface area contributed by atoms with Crippen molar-refractivity contribution in [3.05, 3.63) is 40.5 Å². The number of benzene rings is 1. The van der Waals surface area contributed by atoms with Crippen LogP contribution < -0.4 is 9.80 Å². The van der Waals surface area contributed by atoms with E-state index in [4.69, 9.17) is 9.47 Å². The molecule has 1 atom stereocenters. The average Bonchev–Trinajstić information content (AvgIpc) is 3.33. The normalized spacial score (nSPS) is 18.3. The molecule has 0 radical (unpaired) electrons. The van der Waals surface area contributed by atoms with Crippen LogP contribution in [0.3, 0.4) is 0 Å². The first-order chi connectivity index (χ1) is 17.0. The lowest BCUT2D eigenvalue weighted by Gasteiger charge is -2.28. The molecule has 194 valence electrons. The van der Waals surface area contributed by atoms with Crippen LogP contribution in [0.5, 0.6) is 0 Å². The largest absolute Gasteiger partial charge is 0.444 e. The summed E-state index contributed by atoms with van der Waals surface area (Å²) in [6.45, 7) is 8.61. The van der Waals surface area contributed by atoms with Gasteiger partial charge in [0, 0.05) is 68.9 Å². The molecule has 0 spiro atoms. The number of nitro benzene ring substituents is 1. The Labute approximate surface area is 209 Å². The van der Waals surface area contributed by atoms with E-state index >= 15 is 4.39 Å². The Morgan fingerprint density at radius 1 is 1.19 bits per heavy atom. The maximum atomic E-state index is 15.2. The van der Waals surface area contributed by atoms with Gasteiger partial charge in [-0.1, -0.05) is 0 Å². The minimum absolute atomic E-state index is 0.0561. The number of carbonyl (C=O) groups is 1. The van der Waals surface area contributed by atoms with E-state index in [1.807, 2.05) is 4.90 Å². The summed E-state index contributed by atoms with van der Waals surface area (Å²) in [5, 5.41) is 11.9. The summed E-state index contributed by atoms with van der Waals surface area (Å²) in [5.74, 6) is -0.104. The second-order valence-corrected chi connectivity index (χ2v) is 9.93. The summed E-state index contributed by atoms with van der Waals surface area (Å²) in [6, 6.07) is 2.19. The fourth-order valence-electron chi connectivity index (χ4n) is 4.32. The van der Waals surface area contributed by atoms with Crippen molar-refractivity contribution in [2.24, 2.45) is 0 Å². The monoisotopic (exact) mass is 502 g/mol. The lowest BCUT2D eigenvalue weighted by Crippen LogP contribution is -2.42. The number of likely N-dealkylation sites (N-methyl/N-ethyl adjacent to an activating group) is 1. The minimum atomic E-state index is -0.633. The number of rotatable bonds is 5. The number of anilines is 2. The van der Waals surface area contributed by atoms with Crippen molar-refractivity contribution in [1.82, 2.24) is 14.9 Å². The molecule has 1 aromatic carbocycles.